The molecule has 0 atom stereocenters. The maximum Gasteiger partial charge on any atom is 0.251 e. The summed E-state index contributed by atoms with van der Waals surface area (Å²) in [5.74, 6) is -0.0224. The van der Waals surface area contributed by atoms with E-state index in [9.17, 15) is 4.79 Å². The summed E-state index contributed by atoms with van der Waals surface area (Å²) in [6.45, 7) is 4.61. The molecule has 0 fully saturated rings. The van der Waals surface area contributed by atoms with Crippen LogP contribution in [0.15, 0.2) is 42.5 Å². The lowest BCUT2D eigenvalue weighted by Gasteiger charge is -2.07. The third kappa shape index (κ3) is 4.10. The number of amides is 1. The molecule has 0 bridgehead atoms. The summed E-state index contributed by atoms with van der Waals surface area (Å²) in [6, 6.07) is 13.6. The predicted molar refractivity (Wildman–Crippen MR) is 83.4 cm³/mol. The number of carbonyl (C=O) groups is 1. The Kier molecular flexibility index (Phi) is 4.80. The zero-order chi connectivity index (χ0) is 14.5. The SMILES string of the molecule is Cc1cc(C)cc(C(=O)NCCc2ccc(Cl)cc2)c1. The van der Waals surface area contributed by atoms with Crippen molar-refractivity contribution in [2.24, 2.45) is 0 Å². The highest BCUT2D eigenvalue weighted by molar-refractivity contribution is 6.30. The first-order valence-corrected chi connectivity index (χ1v) is 7.03. The summed E-state index contributed by atoms with van der Waals surface area (Å²) in [7, 11) is 0. The Labute approximate surface area is 124 Å². The van der Waals surface area contributed by atoms with Gasteiger partial charge in [-0.25, -0.2) is 0 Å². The highest BCUT2D eigenvalue weighted by Crippen LogP contribution is 2.10. The number of halogens is 1. The van der Waals surface area contributed by atoms with Crippen molar-refractivity contribution in [3.8, 4) is 0 Å². The van der Waals surface area contributed by atoms with E-state index in [1.54, 1.807) is 0 Å². The van der Waals surface area contributed by atoms with Gasteiger partial charge in [0.15, 0.2) is 0 Å². The number of nitrogens with one attached hydrogen (secondary N) is 1. The van der Waals surface area contributed by atoms with Crippen molar-refractivity contribution in [2.75, 3.05) is 6.54 Å². The molecule has 0 saturated heterocycles. The summed E-state index contributed by atoms with van der Waals surface area (Å²) in [5, 5.41) is 3.67. The van der Waals surface area contributed by atoms with Crippen LogP contribution in [-0.2, 0) is 6.42 Å². The van der Waals surface area contributed by atoms with Crippen molar-refractivity contribution in [3.63, 3.8) is 0 Å². The van der Waals surface area contributed by atoms with Crippen molar-refractivity contribution in [2.45, 2.75) is 20.3 Å². The first kappa shape index (κ1) is 14.6. The monoisotopic (exact) mass is 287 g/mol. The first-order valence-electron chi connectivity index (χ1n) is 6.65. The standard InChI is InChI=1S/C17H18ClNO/c1-12-9-13(2)11-15(10-12)17(20)19-8-7-14-3-5-16(18)6-4-14/h3-6,9-11H,7-8H2,1-2H3,(H,19,20). The molecule has 104 valence electrons. The number of carbonyl (C=O) groups excluding carboxylic acids is 1. The second kappa shape index (κ2) is 6.58. The third-order valence-electron chi connectivity index (χ3n) is 3.10. The fraction of sp³-hybridized carbons (Fsp3) is 0.235. The summed E-state index contributed by atoms with van der Waals surface area (Å²) in [6.07, 6.45) is 0.799. The molecule has 20 heavy (non-hydrogen) atoms. The molecule has 2 rings (SSSR count). The summed E-state index contributed by atoms with van der Waals surface area (Å²) in [5.41, 5.74) is 4.09. The fourth-order valence-corrected chi connectivity index (χ4v) is 2.31. The van der Waals surface area contributed by atoms with Crippen LogP contribution in [0.4, 0.5) is 0 Å². The largest absolute Gasteiger partial charge is 0.352 e. The molecule has 2 aromatic carbocycles. The number of aryl methyl sites for hydroxylation is 2. The molecule has 0 aliphatic heterocycles. The Balaban J connectivity index is 1.90. The van der Waals surface area contributed by atoms with E-state index in [0.29, 0.717) is 6.54 Å². The average Bonchev–Trinajstić information content (AvgIpc) is 2.40. The van der Waals surface area contributed by atoms with Gasteiger partial charge >= 0.3 is 0 Å². The van der Waals surface area contributed by atoms with Crippen LogP contribution in [0.1, 0.15) is 27.0 Å². The molecule has 1 amide bonds. The first-order chi connectivity index (χ1) is 9.54. The van der Waals surface area contributed by atoms with Crippen molar-refractivity contribution >= 4 is 17.5 Å². The van der Waals surface area contributed by atoms with Crippen LogP contribution < -0.4 is 5.32 Å². The molecular formula is C17H18ClNO. The van der Waals surface area contributed by atoms with E-state index in [1.807, 2.05) is 50.2 Å². The van der Waals surface area contributed by atoms with Crippen LogP contribution in [0.25, 0.3) is 0 Å². The van der Waals surface area contributed by atoms with E-state index < -0.39 is 0 Å². The van der Waals surface area contributed by atoms with Gasteiger partial charge in [-0.05, 0) is 50.1 Å². The third-order valence-corrected chi connectivity index (χ3v) is 3.35. The molecule has 0 heterocycles. The van der Waals surface area contributed by atoms with Gasteiger partial charge < -0.3 is 5.32 Å². The van der Waals surface area contributed by atoms with Crippen LogP contribution in [-0.4, -0.2) is 12.5 Å². The van der Waals surface area contributed by atoms with Crippen LogP contribution >= 0.6 is 11.6 Å². The molecular weight excluding hydrogens is 270 g/mol. The Bertz CT molecular complexity index is 585. The van der Waals surface area contributed by atoms with Crippen molar-refractivity contribution in [1.82, 2.24) is 5.32 Å². The lowest BCUT2D eigenvalue weighted by atomic mass is 10.1. The van der Waals surface area contributed by atoms with Gasteiger partial charge in [0.2, 0.25) is 0 Å². The van der Waals surface area contributed by atoms with E-state index in [4.69, 9.17) is 11.6 Å². The molecule has 2 nitrogen and oxygen atoms in total. The van der Waals surface area contributed by atoms with Crippen LogP contribution in [0.5, 0.6) is 0 Å². The lowest BCUT2D eigenvalue weighted by Crippen LogP contribution is -2.25. The van der Waals surface area contributed by atoms with Gasteiger partial charge in [0.25, 0.3) is 5.91 Å². The van der Waals surface area contributed by atoms with Gasteiger partial charge in [-0.3, -0.25) is 4.79 Å². The number of rotatable bonds is 4. The van der Waals surface area contributed by atoms with Gasteiger partial charge in [0, 0.05) is 17.1 Å². The van der Waals surface area contributed by atoms with Crippen molar-refractivity contribution in [1.29, 1.82) is 0 Å². The Hall–Kier alpha value is -1.80. The van der Waals surface area contributed by atoms with Crippen molar-refractivity contribution in [3.05, 3.63) is 69.7 Å². The lowest BCUT2D eigenvalue weighted by molar-refractivity contribution is 0.0954. The molecule has 2 aromatic rings. The summed E-state index contributed by atoms with van der Waals surface area (Å²) >= 11 is 5.84. The average molecular weight is 288 g/mol. The van der Waals surface area contributed by atoms with Gasteiger partial charge in [-0.15, -0.1) is 0 Å². The topological polar surface area (TPSA) is 29.1 Å². The second-order valence-corrected chi connectivity index (χ2v) is 5.45. The molecule has 1 N–H and O–H groups in total. The normalized spacial score (nSPS) is 10.3. The minimum Gasteiger partial charge on any atom is -0.352 e. The number of hydrogen-bond donors (Lipinski definition) is 1. The second-order valence-electron chi connectivity index (χ2n) is 5.01. The van der Waals surface area contributed by atoms with Gasteiger partial charge in [0.1, 0.15) is 0 Å². The van der Waals surface area contributed by atoms with Gasteiger partial charge in [-0.2, -0.15) is 0 Å². The molecule has 0 radical (unpaired) electrons. The van der Waals surface area contributed by atoms with Crippen LogP contribution in [0.2, 0.25) is 5.02 Å². The zero-order valence-electron chi connectivity index (χ0n) is 11.7. The Morgan fingerprint density at radius 3 is 2.25 bits per heavy atom. The van der Waals surface area contributed by atoms with E-state index >= 15 is 0 Å². The predicted octanol–water partition coefficient (Wildman–Crippen LogP) is 3.93. The highest BCUT2D eigenvalue weighted by atomic mass is 35.5. The molecule has 0 aromatic heterocycles. The Morgan fingerprint density at radius 2 is 1.65 bits per heavy atom. The number of hydrogen-bond acceptors (Lipinski definition) is 1. The molecule has 0 saturated carbocycles. The van der Waals surface area contributed by atoms with Crippen LogP contribution in [0.3, 0.4) is 0 Å². The molecule has 0 aliphatic rings. The maximum atomic E-state index is 12.1. The van der Waals surface area contributed by atoms with Crippen molar-refractivity contribution < 1.29 is 4.79 Å². The van der Waals surface area contributed by atoms with Gasteiger partial charge in [0.05, 0.1) is 0 Å². The summed E-state index contributed by atoms with van der Waals surface area (Å²) in [4.78, 5) is 12.1. The van der Waals surface area contributed by atoms with E-state index in [-0.39, 0.29) is 5.91 Å². The fourth-order valence-electron chi connectivity index (χ4n) is 2.18. The maximum absolute atomic E-state index is 12.1. The Morgan fingerprint density at radius 1 is 1.05 bits per heavy atom. The van der Waals surface area contributed by atoms with E-state index in [2.05, 4.69) is 11.4 Å². The van der Waals surface area contributed by atoms with Crippen LogP contribution in [0, 0.1) is 13.8 Å². The zero-order valence-corrected chi connectivity index (χ0v) is 12.5. The van der Waals surface area contributed by atoms with E-state index in [0.717, 1.165) is 33.7 Å². The molecule has 0 aliphatic carbocycles. The molecule has 0 unspecified atom stereocenters. The highest BCUT2D eigenvalue weighted by Gasteiger charge is 2.06. The molecule has 3 heteroatoms. The quantitative estimate of drug-likeness (QED) is 0.907. The smallest absolute Gasteiger partial charge is 0.251 e. The van der Waals surface area contributed by atoms with E-state index in [1.165, 1.54) is 0 Å². The summed E-state index contributed by atoms with van der Waals surface area (Å²) < 4.78 is 0. The minimum absolute atomic E-state index is 0.0224. The number of benzene rings is 2. The van der Waals surface area contributed by atoms with Gasteiger partial charge in [-0.1, -0.05) is 40.9 Å². The molecule has 0 spiro atoms. The minimum atomic E-state index is -0.0224.